The Balaban J connectivity index is 2.07. The standard InChI is InChI=1S/C15H18FNO3/c1-10(18)17-14-9-11(7-8-13(14)16)15(19)20-12-5-3-2-4-6-12/h7-9,12H,2-6H2,1H3,(H,17,18). The predicted molar refractivity (Wildman–Crippen MR) is 73.0 cm³/mol. The van der Waals surface area contributed by atoms with E-state index in [1.165, 1.54) is 25.5 Å². The summed E-state index contributed by atoms with van der Waals surface area (Å²) in [6.07, 6.45) is 5.02. The second-order valence-electron chi connectivity index (χ2n) is 5.04. The average Bonchev–Trinajstić information content (AvgIpc) is 2.42. The molecule has 1 aliphatic carbocycles. The van der Waals surface area contributed by atoms with Crippen LogP contribution in [-0.4, -0.2) is 18.0 Å². The van der Waals surface area contributed by atoms with Gasteiger partial charge < -0.3 is 10.1 Å². The summed E-state index contributed by atoms with van der Waals surface area (Å²) in [6.45, 7) is 1.28. The van der Waals surface area contributed by atoms with Crippen molar-refractivity contribution in [3.05, 3.63) is 29.6 Å². The van der Waals surface area contributed by atoms with Crippen LogP contribution in [0.1, 0.15) is 49.4 Å². The van der Waals surface area contributed by atoms with E-state index in [9.17, 15) is 14.0 Å². The van der Waals surface area contributed by atoms with Crippen LogP contribution >= 0.6 is 0 Å². The Hall–Kier alpha value is -1.91. The van der Waals surface area contributed by atoms with E-state index >= 15 is 0 Å². The third-order valence-electron chi connectivity index (χ3n) is 3.34. The minimum absolute atomic E-state index is 0.00408. The molecule has 0 aromatic heterocycles. The number of rotatable bonds is 3. The molecular weight excluding hydrogens is 261 g/mol. The van der Waals surface area contributed by atoms with Crippen LogP contribution in [-0.2, 0) is 9.53 Å². The first-order valence-corrected chi connectivity index (χ1v) is 6.84. The van der Waals surface area contributed by atoms with Gasteiger partial charge in [0.15, 0.2) is 0 Å². The molecule has 5 heteroatoms. The summed E-state index contributed by atoms with van der Waals surface area (Å²) >= 11 is 0. The van der Waals surface area contributed by atoms with Crippen molar-refractivity contribution >= 4 is 17.6 Å². The molecule has 0 bridgehead atoms. The van der Waals surface area contributed by atoms with Crippen molar-refractivity contribution in [1.82, 2.24) is 0 Å². The highest BCUT2D eigenvalue weighted by Gasteiger charge is 2.19. The number of anilines is 1. The number of halogens is 1. The summed E-state index contributed by atoms with van der Waals surface area (Å²) in [5, 5.41) is 2.35. The number of amides is 1. The molecule has 1 N–H and O–H groups in total. The van der Waals surface area contributed by atoms with Gasteiger partial charge in [0.25, 0.3) is 0 Å². The van der Waals surface area contributed by atoms with E-state index in [4.69, 9.17) is 4.74 Å². The lowest BCUT2D eigenvalue weighted by atomic mass is 9.98. The summed E-state index contributed by atoms with van der Waals surface area (Å²) in [5.74, 6) is -1.43. The fourth-order valence-corrected chi connectivity index (χ4v) is 2.34. The lowest BCUT2D eigenvalue weighted by Crippen LogP contribution is -2.21. The van der Waals surface area contributed by atoms with Crippen molar-refractivity contribution in [2.45, 2.75) is 45.1 Å². The normalized spacial score (nSPS) is 15.7. The number of carbonyl (C=O) groups excluding carboxylic acids is 2. The SMILES string of the molecule is CC(=O)Nc1cc(C(=O)OC2CCCCC2)ccc1F. The first-order valence-electron chi connectivity index (χ1n) is 6.84. The number of benzene rings is 1. The van der Waals surface area contributed by atoms with E-state index in [1.54, 1.807) is 0 Å². The van der Waals surface area contributed by atoms with Gasteiger partial charge in [-0.2, -0.15) is 0 Å². The molecule has 1 aliphatic rings. The molecule has 1 fully saturated rings. The Morgan fingerprint density at radius 2 is 1.95 bits per heavy atom. The molecule has 0 saturated heterocycles. The number of hydrogen-bond donors (Lipinski definition) is 1. The third kappa shape index (κ3) is 3.79. The van der Waals surface area contributed by atoms with E-state index in [2.05, 4.69) is 5.32 Å². The zero-order valence-corrected chi connectivity index (χ0v) is 11.4. The number of ether oxygens (including phenoxy) is 1. The first kappa shape index (κ1) is 14.5. The van der Waals surface area contributed by atoms with Gasteiger partial charge in [-0.05, 0) is 43.9 Å². The van der Waals surface area contributed by atoms with Gasteiger partial charge in [-0.25, -0.2) is 9.18 Å². The molecular formula is C15H18FNO3. The fraction of sp³-hybridized carbons (Fsp3) is 0.467. The largest absolute Gasteiger partial charge is 0.459 e. The molecule has 4 nitrogen and oxygen atoms in total. The van der Waals surface area contributed by atoms with Gasteiger partial charge in [0, 0.05) is 6.92 Å². The highest BCUT2D eigenvalue weighted by atomic mass is 19.1. The topological polar surface area (TPSA) is 55.4 Å². The molecule has 0 atom stereocenters. The van der Waals surface area contributed by atoms with E-state index in [1.807, 2.05) is 0 Å². The van der Waals surface area contributed by atoms with E-state index in [0.717, 1.165) is 31.7 Å². The third-order valence-corrected chi connectivity index (χ3v) is 3.34. The monoisotopic (exact) mass is 279 g/mol. The van der Waals surface area contributed by atoms with E-state index < -0.39 is 11.8 Å². The molecule has 2 rings (SSSR count). The maximum absolute atomic E-state index is 13.5. The average molecular weight is 279 g/mol. The molecule has 0 spiro atoms. The van der Waals surface area contributed by atoms with Gasteiger partial charge in [0.05, 0.1) is 11.3 Å². The maximum atomic E-state index is 13.5. The van der Waals surface area contributed by atoms with Crippen LogP contribution in [0.25, 0.3) is 0 Å². The minimum Gasteiger partial charge on any atom is -0.459 e. The minimum atomic E-state index is -0.575. The molecule has 1 aromatic carbocycles. The summed E-state index contributed by atoms with van der Waals surface area (Å²) < 4.78 is 18.9. The van der Waals surface area contributed by atoms with Crippen molar-refractivity contribution in [3.63, 3.8) is 0 Å². The quantitative estimate of drug-likeness (QED) is 0.864. The zero-order chi connectivity index (χ0) is 14.5. The number of nitrogens with one attached hydrogen (secondary N) is 1. The molecule has 1 amide bonds. The van der Waals surface area contributed by atoms with Crippen molar-refractivity contribution in [2.75, 3.05) is 5.32 Å². The lowest BCUT2D eigenvalue weighted by molar-refractivity contribution is -0.114. The van der Waals surface area contributed by atoms with Gasteiger partial charge >= 0.3 is 5.97 Å². The van der Waals surface area contributed by atoms with Crippen LogP contribution in [0.4, 0.5) is 10.1 Å². The molecule has 0 radical (unpaired) electrons. The summed E-state index contributed by atoms with van der Waals surface area (Å²) in [5.41, 5.74) is 0.247. The van der Waals surface area contributed by atoms with Gasteiger partial charge in [0.2, 0.25) is 5.91 Å². The highest BCUT2D eigenvalue weighted by molar-refractivity contribution is 5.93. The van der Waals surface area contributed by atoms with Crippen molar-refractivity contribution in [2.24, 2.45) is 0 Å². The molecule has 0 heterocycles. The molecule has 0 unspecified atom stereocenters. The number of hydrogen-bond acceptors (Lipinski definition) is 3. The van der Waals surface area contributed by atoms with Crippen molar-refractivity contribution < 1.29 is 18.7 Å². The van der Waals surface area contributed by atoms with E-state index in [0.29, 0.717) is 0 Å². The highest BCUT2D eigenvalue weighted by Crippen LogP contribution is 2.22. The summed E-state index contributed by atoms with van der Waals surface area (Å²) in [7, 11) is 0. The van der Waals surface area contributed by atoms with Gasteiger partial charge in [-0.15, -0.1) is 0 Å². The van der Waals surface area contributed by atoms with Crippen LogP contribution in [0.3, 0.4) is 0 Å². The smallest absolute Gasteiger partial charge is 0.338 e. The molecule has 108 valence electrons. The maximum Gasteiger partial charge on any atom is 0.338 e. The van der Waals surface area contributed by atoms with Crippen LogP contribution in [0, 0.1) is 5.82 Å². The number of esters is 1. The van der Waals surface area contributed by atoms with Crippen LogP contribution in [0.5, 0.6) is 0 Å². The first-order chi connectivity index (χ1) is 9.56. The fourth-order valence-electron chi connectivity index (χ4n) is 2.34. The predicted octanol–water partition coefficient (Wildman–Crippen LogP) is 3.27. The lowest BCUT2D eigenvalue weighted by Gasteiger charge is -2.21. The van der Waals surface area contributed by atoms with Crippen LogP contribution < -0.4 is 5.32 Å². The van der Waals surface area contributed by atoms with E-state index in [-0.39, 0.29) is 23.3 Å². The zero-order valence-electron chi connectivity index (χ0n) is 11.4. The van der Waals surface area contributed by atoms with Crippen molar-refractivity contribution in [1.29, 1.82) is 0 Å². The molecule has 1 aromatic rings. The molecule has 1 saturated carbocycles. The molecule has 20 heavy (non-hydrogen) atoms. The second-order valence-corrected chi connectivity index (χ2v) is 5.04. The Kier molecular flexibility index (Phi) is 4.71. The van der Waals surface area contributed by atoms with Gasteiger partial charge in [-0.1, -0.05) is 6.42 Å². The van der Waals surface area contributed by atoms with Crippen LogP contribution in [0.2, 0.25) is 0 Å². The van der Waals surface area contributed by atoms with Crippen molar-refractivity contribution in [3.8, 4) is 0 Å². The Labute approximate surface area is 117 Å². The Morgan fingerprint density at radius 1 is 1.25 bits per heavy atom. The molecule has 0 aliphatic heterocycles. The summed E-state index contributed by atoms with van der Waals surface area (Å²) in [4.78, 5) is 23.0. The van der Waals surface area contributed by atoms with Gasteiger partial charge in [-0.3, -0.25) is 4.79 Å². The summed E-state index contributed by atoms with van der Waals surface area (Å²) in [6, 6.07) is 3.83. The number of carbonyl (C=O) groups is 2. The second kappa shape index (κ2) is 6.50. The van der Waals surface area contributed by atoms with Crippen LogP contribution in [0.15, 0.2) is 18.2 Å². The van der Waals surface area contributed by atoms with Gasteiger partial charge in [0.1, 0.15) is 11.9 Å². The Bertz CT molecular complexity index is 510. The Morgan fingerprint density at radius 3 is 2.60 bits per heavy atom.